The normalized spacial score (nSPS) is 13.9. The summed E-state index contributed by atoms with van der Waals surface area (Å²) in [6, 6.07) is 23.0. The van der Waals surface area contributed by atoms with Crippen molar-refractivity contribution in [2.75, 3.05) is 7.11 Å². The van der Waals surface area contributed by atoms with Crippen molar-refractivity contribution in [3.8, 4) is 17.2 Å². The van der Waals surface area contributed by atoms with Crippen LogP contribution in [0.15, 0.2) is 82.7 Å². The first kappa shape index (κ1) is 24.1. The van der Waals surface area contributed by atoms with E-state index in [2.05, 4.69) is 10.3 Å². The highest BCUT2D eigenvalue weighted by molar-refractivity contribution is 8.18. The van der Waals surface area contributed by atoms with Gasteiger partial charge in [-0.15, -0.1) is 0 Å². The molecule has 3 aromatic carbocycles. The van der Waals surface area contributed by atoms with Crippen LogP contribution in [0.5, 0.6) is 17.2 Å². The molecule has 0 saturated carbocycles. The summed E-state index contributed by atoms with van der Waals surface area (Å²) in [5, 5.41) is 2.82. The average molecular weight is 489 g/mol. The van der Waals surface area contributed by atoms with Crippen LogP contribution in [0.2, 0.25) is 0 Å². The van der Waals surface area contributed by atoms with Crippen molar-refractivity contribution in [1.29, 1.82) is 0 Å². The molecule has 0 fully saturated rings. The van der Waals surface area contributed by atoms with Crippen LogP contribution in [-0.4, -0.2) is 24.1 Å². The lowest BCUT2D eigenvalue weighted by Crippen LogP contribution is -2.23. The van der Waals surface area contributed by atoms with Gasteiger partial charge in [0.15, 0.2) is 16.7 Å². The fourth-order valence-electron chi connectivity index (χ4n) is 3.25. The lowest BCUT2D eigenvalue weighted by atomic mass is 10.2. The number of hydrogen-bond acceptors (Lipinski definition) is 6. The Morgan fingerprint density at radius 2 is 1.69 bits per heavy atom. The molecule has 8 heteroatoms. The van der Waals surface area contributed by atoms with Crippen LogP contribution in [0.25, 0.3) is 6.08 Å². The molecule has 0 radical (unpaired) electrons. The zero-order valence-electron chi connectivity index (χ0n) is 19.3. The number of nitrogens with zero attached hydrogens (tertiary/aromatic N) is 1. The van der Waals surface area contributed by atoms with E-state index in [0.717, 1.165) is 28.5 Å². The van der Waals surface area contributed by atoms with E-state index in [9.17, 15) is 9.59 Å². The topological polar surface area (TPSA) is 86.2 Å². The van der Waals surface area contributed by atoms with Crippen LogP contribution in [0.3, 0.4) is 0 Å². The molecule has 0 spiro atoms. The fourth-order valence-corrected chi connectivity index (χ4v) is 4.11. The molecular weight excluding hydrogens is 464 g/mol. The van der Waals surface area contributed by atoms with Gasteiger partial charge in [0.2, 0.25) is 5.91 Å². The van der Waals surface area contributed by atoms with E-state index >= 15 is 0 Å². The van der Waals surface area contributed by atoms with Crippen molar-refractivity contribution in [3.63, 3.8) is 0 Å². The molecule has 4 rings (SSSR count). The molecule has 0 bridgehead atoms. The first-order valence-corrected chi connectivity index (χ1v) is 11.7. The molecule has 1 aliphatic heterocycles. The van der Waals surface area contributed by atoms with Crippen molar-refractivity contribution in [1.82, 2.24) is 5.32 Å². The maximum Gasteiger partial charge on any atom is 0.286 e. The Morgan fingerprint density at radius 1 is 0.943 bits per heavy atom. The quantitative estimate of drug-likeness (QED) is 0.451. The molecule has 0 saturated heterocycles. The summed E-state index contributed by atoms with van der Waals surface area (Å²) in [7, 11) is 1.61. The zero-order chi connectivity index (χ0) is 24.6. The van der Waals surface area contributed by atoms with E-state index in [0.29, 0.717) is 40.5 Å². The summed E-state index contributed by atoms with van der Waals surface area (Å²) in [5.74, 6) is 1.37. The maximum atomic E-state index is 12.0. The minimum atomic E-state index is -0.371. The summed E-state index contributed by atoms with van der Waals surface area (Å²) in [6.07, 6.45) is 1.73. The van der Waals surface area contributed by atoms with Gasteiger partial charge in [-0.25, -0.2) is 0 Å². The monoisotopic (exact) mass is 488 g/mol. The van der Waals surface area contributed by atoms with Gasteiger partial charge in [0.1, 0.15) is 19.0 Å². The lowest BCUT2D eigenvalue weighted by molar-refractivity contribution is -0.117. The van der Waals surface area contributed by atoms with Crippen molar-refractivity contribution >= 4 is 34.8 Å². The molecule has 7 nitrogen and oxygen atoms in total. The lowest BCUT2D eigenvalue weighted by Gasteiger charge is -2.13. The van der Waals surface area contributed by atoms with Crippen molar-refractivity contribution in [2.24, 2.45) is 4.99 Å². The highest BCUT2D eigenvalue weighted by Crippen LogP contribution is 2.30. The Bertz CT molecular complexity index is 1270. The first-order chi connectivity index (χ1) is 17.0. The Balaban J connectivity index is 1.33. The zero-order valence-corrected chi connectivity index (χ0v) is 20.1. The summed E-state index contributed by atoms with van der Waals surface area (Å²) in [5.41, 5.74) is 2.85. The minimum Gasteiger partial charge on any atom is -0.493 e. The second kappa shape index (κ2) is 11.4. The number of hydrogen-bond donors (Lipinski definition) is 1. The van der Waals surface area contributed by atoms with Crippen LogP contribution >= 0.6 is 11.8 Å². The number of benzene rings is 3. The second-order valence-electron chi connectivity index (χ2n) is 7.63. The number of ether oxygens (including phenoxy) is 3. The van der Waals surface area contributed by atoms with Crippen LogP contribution < -0.4 is 19.5 Å². The van der Waals surface area contributed by atoms with Crippen molar-refractivity contribution in [2.45, 2.75) is 20.1 Å². The molecule has 0 aliphatic carbocycles. The molecule has 2 amide bonds. The van der Waals surface area contributed by atoms with Crippen LogP contribution in [0.4, 0.5) is 0 Å². The molecular formula is C27H24N2O5S. The Hall–Kier alpha value is -4.04. The number of thioether (sulfide) groups is 1. The van der Waals surface area contributed by atoms with E-state index in [4.69, 9.17) is 14.2 Å². The van der Waals surface area contributed by atoms with Gasteiger partial charge in [-0.05, 0) is 58.8 Å². The van der Waals surface area contributed by atoms with Gasteiger partial charge < -0.3 is 19.5 Å². The van der Waals surface area contributed by atoms with Gasteiger partial charge in [0.05, 0.1) is 12.0 Å². The maximum absolute atomic E-state index is 12.0. The number of carbonyl (C=O) groups excluding carboxylic acids is 2. The molecule has 0 aromatic heterocycles. The van der Waals surface area contributed by atoms with E-state index in [1.54, 1.807) is 13.2 Å². The molecule has 1 heterocycles. The largest absolute Gasteiger partial charge is 0.493 e. The number of aliphatic imine (C=N–C) groups is 1. The van der Waals surface area contributed by atoms with Crippen LogP contribution in [0, 0.1) is 0 Å². The number of amidine groups is 1. The summed E-state index contributed by atoms with van der Waals surface area (Å²) in [4.78, 5) is 27.4. The first-order valence-electron chi connectivity index (χ1n) is 10.9. The predicted octanol–water partition coefficient (Wildman–Crippen LogP) is 4.96. The van der Waals surface area contributed by atoms with Gasteiger partial charge in [-0.3, -0.25) is 9.59 Å². The van der Waals surface area contributed by atoms with Crippen molar-refractivity contribution in [3.05, 3.63) is 94.4 Å². The molecule has 0 unspecified atom stereocenters. The van der Waals surface area contributed by atoms with E-state index in [1.807, 2.05) is 72.8 Å². The number of amides is 2. The van der Waals surface area contributed by atoms with Gasteiger partial charge in [-0.1, -0.05) is 48.5 Å². The molecule has 35 heavy (non-hydrogen) atoms. The van der Waals surface area contributed by atoms with E-state index in [-0.39, 0.29) is 11.8 Å². The highest BCUT2D eigenvalue weighted by Gasteiger charge is 2.22. The van der Waals surface area contributed by atoms with E-state index < -0.39 is 0 Å². The van der Waals surface area contributed by atoms with Gasteiger partial charge >= 0.3 is 0 Å². The van der Waals surface area contributed by atoms with Crippen LogP contribution in [0.1, 0.15) is 23.6 Å². The number of rotatable bonds is 8. The fraction of sp³-hybridized carbons (Fsp3) is 0.148. The number of methoxy groups -OCH3 is 1. The standard InChI is InChI=1S/C27H24N2O5S/c1-18(30)28-27-29-26(31)25(35-27)15-19-8-11-22(12-9-19)33-17-21-10-13-23(24(14-21)32-2)34-16-20-6-4-3-5-7-20/h3-15H,16-17H2,1-2H3,(H,28,29,30,31). The third-order valence-corrected chi connectivity index (χ3v) is 5.85. The summed E-state index contributed by atoms with van der Waals surface area (Å²) >= 11 is 1.14. The van der Waals surface area contributed by atoms with Crippen molar-refractivity contribution < 1.29 is 23.8 Å². The minimum absolute atomic E-state index is 0.265. The molecule has 178 valence electrons. The Morgan fingerprint density at radius 3 is 2.40 bits per heavy atom. The Kier molecular flexibility index (Phi) is 7.84. The molecule has 3 aromatic rings. The predicted molar refractivity (Wildman–Crippen MR) is 136 cm³/mol. The third-order valence-electron chi connectivity index (χ3n) is 4.95. The third kappa shape index (κ3) is 6.74. The molecule has 1 N–H and O–H groups in total. The van der Waals surface area contributed by atoms with Gasteiger partial charge in [-0.2, -0.15) is 4.99 Å². The number of carbonyl (C=O) groups is 2. The SMILES string of the molecule is COc1cc(COc2ccc(C=C3SC(NC(C)=O)=NC3=O)cc2)ccc1OCc1ccccc1. The van der Waals surface area contributed by atoms with E-state index in [1.165, 1.54) is 6.92 Å². The average Bonchev–Trinajstić information content (AvgIpc) is 3.20. The summed E-state index contributed by atoms with van der Waals surface area (Å²) < 4.78 is 17.3. The smallest absolute Gasteiger partial charge is 0.286 e. The highest BCUT2D eigenvalue weighted by atomic mass is 32.2. The molecule has 0 atom stereocenters. The number of nitrogens with one attached hydrogen (secondary N) is 1. The Labute approximate surface area is 207 Å². The van der Waals surface area contributed by atoms with Gasteiger partial charge in [0, 0.05) is 6.92 Å². The van der Waals surface area contributed by atoms with Crippen LogP contribution in [-0.2, 0) is 22.8 Å². The summed E-state index contributed by atoms with van der Waals surface area (Å²) in [6.45, 7) is 2.19. The second-order valence-corrected chi connectivity index (χ2v) is 8.66. The molecule has 1 aliphatic rings. The van der Waals surface area contributed by atoms with Gasteiger partial charge in [0.25, 0.3) is 5.91 Å².